The van der Waals surface area contributed by atoms with Crippen molar-refractivity contribution < 1.29 is 14.7 Å². The first-order valence-electron chi connectivity index (χ1n) is 9.95. The number of rotatable bonds is 3. The van der Waals surface area contributed by atoms with E-state index < -0.39 is 5.97 Å². The van der Waals surface area contributed by atoms with Crippen LogP contribution in [0.25, 0.3) is 0 Å². The number of carboxylic acid groups (broad SMARTS) is 1. The number of carbonyl (C=O) groups excluding carboxylic acids is 1. The second-order valence-corrected chi connectivity index (χ2v) is 8.21. The molecular formula is C21H28N2O3. The average molecular weight is 356 g/mol. The van der Waals surface area contributed by atoms with Gasteiger partial charge in [-0.1, -0.05) is 18.2 Å². The maximum absolute atomic E-state index is 13.1. The lowest BCUT2D eigenvalue weighted by atomic mass is 9.78. The highest BCUT2D eigenvalue weighted by Crippen LogP contribution is 2.42. The summed E-state index contributed by atoms with van der Waals surface area (Å²) in [5.41, 5.74) is 1.24. The highest BCUT2D eigenvalue weighted by atomic mass is 16.4. The van der Waals surface area contributed by atoms with E-state index in [2.05, 4.69) is 10.2 Å². The van der Waals surface area contributed by atoms with Crippen LogP contribution in [-0.4, -0.2) is 47.6 Å². The molecule has 1 atom stereocenters. The van der Waals surface area contributed by atoms with Crippen LogP contribution in [0.1, 0.15) is 66.8 Å². The SMILES string of the molecule is O=C(O)c1ccccc1C1CCC(N2CC[C@@]3(CCCNC3)C2=O)CC1. The lowest BCUT2D eigenvalue weighted by Gasteiger charge is -2.37. The molecule has 2 saturated heterocycles. The number of amides is 1. The number of hydrogen-bond acceptors (Lipinski definition) is 3. The van der Waals surface area contributed by atoms with Crippen LogP contribution >= 0.6 is 0 Å². The number of hydrogen-bond donors (Lipinski definition) is 2. The average Bonchev–Trinajstić information content (AvgIpc) is 2.98. The molecule has 4 rings (SSSR count). The molecule has 1 aromatic carbocycles. The van der Waals surface area contributed by atoms with Crippen molar-refractivity contribution in [3.63, 3.8) is 0 Å². The molecule has 1 spiro atoms. The third-order valence-corrected chi connectivity index (χ3v) is 6.79. The molecule has 2 N–H and O–H groups in total. The number of nitrogens with zero attached hydrogens (tertiary/aromatic N) is 1. The molecule has 1 amide bonds. The third kappa shape index (κ3) is 3.02. The molecule has 26 heavy (non-hydrogen) atoms. The van der Waals surface area contributed by atoms with Gasteiger partial charge in [-0.15, -0.1) is 0 Å². The third-order valence-electron chi connectivity index (χ3n) is 6.79. The zero-order valence-electron chi connectivity index (χ0n) is 15.2. The number of likely N-dealkylation sites (tertiary alicyclic amines) is 1. The first kappa shape index (κ1) is 17.5. The summed E-state index contributed by atoms with van der Waals surface area (Å²) in [7, 11) is 0. The highest BCUT2D eigenvalue weighted by Gasteiger charge is 2.49. The minimum atomic E-state index is -0.843. The van der Waals surface area contributed by atoms with Gasteiger partial charge in [0.25, 0.3) is 0 Å². The summed E-state index contributed by atoms with van der Waals surface area (Å²) in [6.07, 6.45) is 6.99. The Bertz CT molecular complexity index is 688. The molecule has 3 fully saturated rings. The second-order valence-electron chi connectivity index (χ2n) is 8.21. The Morgan fingerprint density at radius 2 is 1.92 bits per heavy atom. The smallest absolute Gasteiger partial charge is 0.335 e. The number of aromatic carboxylic acids is 1. The Morgan fingerprint density at radius 1 is 1.15 bits per heavy atom. The Morgan fingerprint density at radius 3 is 2.62 bits per heavy atom. The standard InChI is InChI=1S/C21H28N2O3/c24-19(25)18-5-2-1-4-17(18)15-6-8-16(9-7-15)23-13-11-21(20(23)26)10-3-12-22-14-21/h1-2,4-5,15-16,22H,3,6-14H2,(H,24,25)/t15?,16?,21-/m1/s1. The van der Waals surface area contributed by atoms with Gasteiger partial charge in [0.15, 0.2) is 0 Å². The first-order chi connectivity index (χ1) is 12.6. The molecule has 0 unspecified atom stereocenters. The number of benzene rings is 1. The van der Waals surface area contributed by atoms with Gasteiger partial charge in [-0.05, 0) is 69.0 Å². The lowest BCUT2D eigenvalue weighted by Crippen LogP contribution is -2.48. The Balaban J connectivity index is 1.42. The maximum Gasteiger partial charge on any atom is 0.335 e. The van der Waals surface area contributed by atoms with Crippen LogP contribution in [0.5, 0.6) is 0 Å². The number of piperidine rings is 1. The summed E-state index contributed by atoms with van der Waals surface area (Å²) in [6, 6.07) is 7.71. The van der Waals surface area contributed by atoms with Gasteiger partial charge in [-0.3, -0.25) is 4.79 Å². The van der Waals surface area contributed by atoms with Gasteiger partial charge in [0.1, 0.15) is 0 Å². The van der Waals surface area contributed by atoms with E-state index in [0.29, 0.717) is 23.4 Å². The van der Waals surface area contributed by atoms with Gasteiger partial charge in [-0.25, -0.2) is 4.79 Å². The van der Waals surface area contributed by atoms with Crippen molar-refractivity contribution in [1.82, 2.24) is 10.2 Å². The number of nitrogens with one attached hydrogen (secondary N) is 1. The van der Waals surface area contributed by atoms with Gasteiger partial charge in [-0.2, -0.15) is 0 Å². The minimum Gasteiger partial charge on any atom is -0.478 e. The van der Waals surface area contributed by atoms with Gasteiger partial charge >= 0.3 is 5.97 Å². The molecule has 0 radical (unpaired) electrons. The van der Waals surface area contributed by atoms with Crippen molar-refractivity contribution in [2.24, 2.45) is 5.41 Å². The van der Waals surface area contributed by atoms with Crippen LogP contribution in [0.3, 0.4) is 0 Å². The van der Waals surface area contributed by atoms with E-state index in [-0.39, 0.29) is 5.41 Å². The molecule has 1 aliphatic carbocycles. The Hall–Kier alpha value is -1.88. The van der Waals surface area contributed by atoms with Crippen LogP contribution in [0.2, 0.25) is 0 Å². The quantitative estimate of drug-likeness (QED) is 0.873. The van der Waals surface area contributed by atoms with E-state index in [4.69, 9.17) is 0 Å². The molecule has 1 aromatic rings. The van der Waals surface area contributed by atoms with Gasteiger partial charge in [0.05, 0.1) is 11.0 Å². The van der Waals surface area contributed by atoms with E-state index in [1.54, 1.807) is 12.1 Å². The van der Waals surface area contributed by atoms with Gasteiger partial charge in [0, 0.05) is 19.1 Å². The fourth-order valence-corrected chi connectivity index (χ4v) is 5.31. The topological polar surface area (TPSA) is 69.6 Å². The number of carboxylic acids is 1. The van der Waals surface area contributed by atoms with E-state index >= 15 is 0 Å². The minimum absolute atomic E-state index is 0.148. The first-order valence-corrected chi connectivity index (χ1v) is 9.95. The summed E-state index contributed by atoms with van der Waals surface area (Å²) in [4.78, 5) is 26.7. The summed E-state index contributed by atoms with van der Waals surface area (Å²) < 4.78 is 0. The summed E-state index contributed by atoms with van der Waals surface area (Å²) in [5.74, 6) is -0.190. The van der Waals surface area contributed by atoms with E-state index in [1.165, 1.54) is 0 Å². The normalized spacial score (nSPS) is 32.2. The van der Waals surface area contributed by atoms with E-state index in [9.17, 15) is 14.7 Å². The summed E-state index contributed by atoms with van der Waals surface area (Å²) in [5, 5.41) is 12.9. The van der Waals surface area contributed by atoms with Crippen LogP contribution < -0.4 is 5.32 Å². The van der Waals surface area contributed by atoms with Crippen LogP contribution in [0.4, 0.5) is 0 Å². The zero-order valence-corrected chi connectivity index (χ0v) is 15.2. The van der Waals surface area contributed by atoms with E-state index in [1.807, 2.05) is 12.1 Å². The van der Waals surface area contributed by atoms with Crippen molar-refractivity contribution in [3.05, 3.63) is 35.4 Å². The van der Waals surface area contributed by atoms with Crippen molar-refractivity contribution >= 4 is 11.9 Å². The van der Waals surface area contributed by atoms with Gasteiger partial charge in [0.2, 0.25) is 5.91 Å². The van der Waals surface area contributed by atoms with Gasteiger partial charge < -0.3 is 15.3 Å². The molecule has 1 saturated carbocycles. The van der Waals surface area contributed by atoms with Crippen molar-refractivity contribution in [3.8, 4) is 0 Å². The van der Waals surface area contributed by atoms with Crippen LogP contribution in [0, 0.1) is 5.41 Å². The van der Waals surface area contributed by atoms with Crippen LogP contribution in [0.15, 0.2) is 24.3 Å². The molecule has 0 aromatic heterocycles. The molecular weight excluding hydrogens is 328 g/mol. The molecule has 3 aliphatic rings. The molecule has 0 bridgehead atoms. The van der Waals surface area contributed by atoms with Crippen molar-refractivity contribution in [1.29, 1.82) is 0 Å². The van der Waals surface area contributed by atoms with Crippen molar-refractivity contribution in [2.45, 2.75) is 56.9 Å². The predicted molar refractivity (Wildman–Crippen MR) is 99.3 cm³/mol. The summed E-state index contributed by atoms with van der Waals surface area (Å²) >= 11 is 0. The van der Waals surface area contributed by atoms with Crippen LogP contribution in [-0.2, 0) is 4.79 Å². The number of carbonyl (C=O) groups is 2. The fraction of sp³-hybridized carbons (Fsp3) is 0.619. The van der Waals surface area contributed by atoms with E-state index in [0.717, 1.165) is 70.1 Å². The molecule has 140 valence electrons. The molecule has 2 aliphatic heterocycles. The largest absolute Gasteiger partial charge is 0.478 e. The molecule has 2 heterocycles. The lowest BCUT2D eigenvalue weighted by molar-refractivity contribution is -0.139. The zero-order chi connectivity index (χ0) is 18.1. The molecule has 5 heteroatoms. The second kappa shape index (κ2) is 7.03. The fourth-order valence-electron chi connectivity index (χ4n) is 5.31. The Kier molecular flexibility index (Phi) is 4.74. The summed E-state index contributed by atoms with van der Waals surface area (Å²) in [6.45, 7) is 2.76. The Labute approximate surface area is 154 Å². The highest BCUT2D eigenvalue weighted by molar-refractivity contribution is 5.89. The maximum atomic E-state index is 13.1. The monoisotopic (exact) mass is 356 g/mol. The molecule has 5 nitrogen and oxygen atoms in total. The van der Waals surface area contributed by atoms with Crippen molar-refractivity contribution in [2.75, 3.05) is 19.6 Å². The predicted octanol–water partition coefficient (Wildman–Crippen LogP) is 3.01.